The lowest BCUT2D eigenvalue weighted by Crippen LogP contribution is -2.12. The first-order valence-corrected chi connectivity index (χ1v) is 7.94. The van der Waals surface area contributed by atoms with Crippen molar-refractivity contribution in [1.82, 2.24) is 0 Å². The van der Waals surface area contributed by atoms with Gasteiger partial charge in [0.05, 0.1) is 6.61 Å². The van der Waals surface area contributed by atoms with Gasteiger partial charge in [-0.05, 0) is 40.9 Å². The van der Waals surface area contributed by atoms with Crippen molar-refractivity contribution in [2.75, 3.05) is 6.61 Å². The fourth-order valence-electron chi connectivity index (χ4n) is 3.01. The topological polar surface area (TPSA) is 9.23 Å². The summed E-state index contributed by atoms with van der Waals surface area (Å²) in [6, 6.07) is 17.4. The molecule has 0 saturated carbocycles. The van der Waals surface area contributed by atoms with Crippen LogP contribution in [0.25, 0.3) is 11.1 Å². The molecule has 2 heteroatoms. The number of ether oxygens (including phenoxy) is 1. The molecule has 108 valence electrons. The van der Waals surface area contributed by atoms with Gasteiger partial charge in [0.15, 0.2) is 5.05 Å². The summed E-state index contributed by atoms with van der Waals surface area (Å²) in [7, 11) is 0. The van der Waals surface area contributed by atoms with Gasteiger partial charge in [-0.3, -0.25) is 0 Å². The zero-order valence-corrected chi connectivity index (χ0v) is 13.3. The standard InChI is InChI=1S/C19H20OS/c1-13(2)19(21)20-12-11-18-16-9-5-3-7-14(16)15-8-4-6-10-17(15)18/h3-10,13,18H,11-12H2,1-2H3. The lowest BCUT2D eigenvalue weighted by atomic mass is 9.94. The molecule has 0 aromatic heterocycles. The van der Waals surface area contributed by atoms with Crippen LogP contribution in [0, 0.1) is 5.92 Å². The molecule has 3 rings (SSSR count). The van der Waals surface area contributed by atoms with E-state index >= 15 is 0 Å². The quantitative estimate of drug-likeness (QED) is 0.718. The van der Waals surface area contributed by atoms with Crippen molar-refractivity contribution < 1.29 is 4.74 Å². The summed E-state index contributed by atoms with van der Waals surface area (Å²) in [5, 5.41) is 0.717. The van der Waals surface area contributed by atoms with Crippen LogP contribution in [0.5, 0.6) is 0 Å². The van der Waals surface area contributed by atoms with E-state index in [4.69, 9.17) is 17.0 Å². The summed E-state index contributed by atoms with van der Waals surface area (Å²) in [5.41, 5.74) is 5.56. The molecule has 0 spiro atoms. The molecular formula is C19H20OS. The van der Waals surface area contributed by atoms with Crippen molar-refractivity contribution in [3.05, 3.63) is 59.7 Å². The molecule has 0 fully saturated rings. The van der Waals surface area contributed by atoms with E-state index in [2.05, 4.69) is 62.4 Å². The second kappa shape index (κ2) is 5.98. The Morgan fingerprint density at radius 2 is 1.52 bits per heavy atom. The van der Waals surface area contributed by atoms with E-state index < -0.39 is 0 Å². The molecule has 0 atom stereocenters. The van der Waals surface area contributed by atoms with Gasteiger partial charge in [-0.2, -0.15) is 0 Å². The molecule has 1 aliphatic carbocycles. The minimum absolute atomic E-state index is 0.308. The SMILES string of the molecule is CC(C)C(=S)OCCC1c2ccccc2-c2ccccc21. The zero-order valence-electron chi connectivity index (χ0n) is 12.5. The summed E-state index contributed by atoms with van der Waals surface area (Å²) in [6.45, 7) is 4.83. The van der Waals surface area contributed by atoms with Gasteiger partial charge in [-0.25, -0.2) is 0 Å². The first-order valence-electron chi connectivity index (χ1n) is 7.53. The molecule has 0 bridgehead atoms. The van der Waals surface area contributed by atoms with Crippen LogP contribution >= 0.6 is 12.2 Å². The summed E-state index contributed by atoms with van der Waals surface area (Å²) >= 11 is 5.25. The molecule has 0 unspecified atom stereocenters. The van der Waals surface area contributed by atoms with E-state index in [9.17, 15) is 0 Å². The Bertz CT molecular complexity index is 615. The molecule has 1 nitrogen and oxygen atoms in total. The van der Waals surface area contributed by atoms with Gasteiger partial charge in [0.1, 0.15) is 0 Å². The van der Waals surface area contributed by atoms with Crippen LogP contribution in [0.1, 0.15) is 37.3 Å². The number of thiocarbonyl (C=S) groups is 1. The predicted molar refractivity (Wildman–Crippen MR) is 91.7 cm³/mol. The van der Waals surface area contributed by atoms with Crippen molar-refractivity contribution in [2.45, 2.75) is 26.2 Å². The van der Waals surface area contributed by atoms with Crippen molar-refractivity contribution in [3.8, 4) is 11.1 Å². The van der Waals surface area contributed by atoms with Crippen LogP contribution in [0.3, 0.4) is 0 Å². The van der Waals surface area contributed by atoms with Crippen LogP contribution in [0.15, 0.2) is 48.5 Å². The average Bonchev–Trinajstić information content (AvgIpc) is 2.82. The van der Waals surface area contributed by atoms with E-state index in [0.717, 1.165) is 11.5 Å². The van der Waals surface area contributed by atoms with Crippen LogP contribution in [-0.4, -0.2) is 11.7 Å². The zero-order chi connectivity index (χ0) is 14.8. The molecule has 0 saturated heterocycles. The van der Waals surface area contributed by atoms with Crippen molar-refractivity contribution in [1.29, 1.82) is 0 Å². The van der Waals surface area contributed by atoms with Crippen molar-refractivity contribution >= 4 is 17.3 Å². The van der Waals surface area contributed by atoms with E-state index in [1.165, 1.54) is 22.3 Å². The number of benzene rings is 2. The minimum atomic E-state index is 0.308. The lowest BCUT2D eigenvalue weighted by Gasteiger charge is -2.15. The van der Waals surface area contributed by atoms with Crippen molar-refractivity contribution in [3.63, 3.8) is 0 Å². The van der Waals surface area contributed by atoms with Gasteiger partial charge in [0, 0.05) is 11.8 Å². The van der Waals surface area contributed by atoms with Gasteiger partial charge in [-0.15, -0.1) is 0 Å². The molecule has 0 aliphatic heterocycles. The second-order valence-electron chi connectivity index (χ2n) is 5.84. The molecule has 21 heavy (non-hydrogen) atoms. The molecular weight excluding hydrogens is 276 g/mol. The predicted octanol–water partition coefficient (Wildman–Crippen LogP) is 5.19. The van der Waals surface area contributed by atoms with Gasteiger partial charge >= 0.3 is 0 Å². The Morgan fingerprint density at radius 1 is 1.00 bits per heavy atom. The summed E-state index contributed by atoms with van der Waals surface area (Å²) in [6.07, 6.45) is 0.973. The molecule has 0 N–H and O–H groups in total. The normalized spacial score (nSPS) is 13.1. The maximum absolute atomic E-state index is 5.73. The summed E-state index contributed by atoms with van der Waals surface area (Å²) in [4.78, 5) is 0. The Morgan fingerprint density at radius 3 is 2.05 bits per heavy atom. The Kier molecular flexibility index (Phi) is 4.07. The largest absolute Gasteiger partial charge is 0.487 e. The average molecular weight is 296 g/mol. The fraction of sp³-hybridized carbons (Fsp3) is 0.316. The van der Waals surface area contributed by atoms with Crippen LogP contribution in [0.4, 0.5) is 0 Å². The highest BCUT2D eigenvalue weighted by molar-refractivity contribution is 7.80. The first-order chi connectivity index (χ1) is 10.2. The smallest absolute Gasteiger partial charge is 0.162 e. The van der Waals surface area contributed by atoms with Gasteiger partial charge in [0.2, 0.25) is 0 Å². The highest BCUT2D eigenvalue weighted by Gasteiger charge is 2.27. The second-order valence-corrected chi connectivity index (χ2v) is 6.24. The summed E-state index contributed by atoms with van der Waals surface area (Å²) in [5.74, 6) is 0.732. The maximum atomic E-state index is 5.73. The van der Waals surface area contributed by atoms with Crippen LogP contribution < -0.4 is 0 Å². The third-order valence-electron chi connectivity index (χ3n) is 4.08. The Hall–Kier alpha value is -1.67. The highest BCUT2D eigenvalue weighted by Crippen LogP contribution is 2.45. The molecule has 0 heterocycles. The molecule has 1 aliphatic rings. The molecule has 0 amide bonds. The number of hydrogen-bond acceptors (Lipinski definition) is 2. The Balaban J connectivity index is 1.81. The first kappa shape index (κ1) is 14.3. The monoisotopic (exact) mass is 296 g/mol. The number of hydrogen-bond donors (Lipinski definition) is 0. The molecule has 0 radical (unpaired) electrons. The Labute approximate surface area is 132 Å². The van der Waals surface area contributed by atoms with Gasteiger partial charge in [-0.1, -0.05) is 62.4 Å². The van der Waals surface area contributed by atoms with Crippen LogP contribution in [0.2, 0.25) is 0 Å². The van der Waals surface area contributed by atoms with Gasteiger partial charge < -0.3 is 4.74 Å². The van der Waals surface area contributed by atoms with E-state index in [1.54, 1.807) is 0 Å². The molecule has 2 aromatic rings. The maximum Gasteiger partial charge on any atom is 0.162 e. The third kappa shape index (κ3) is 2.73. The summed E-state index contributed by atoms with van der Waals surface area (Å²) < 4.78 is 5.73. The van der Waals surface area contributed by atoms with Crippen molar-refractivity contribution in [2.24, 2.45) is 5.92 Å². The minimum Gasteiger partial charge on any atom is -0.487 e. The molecule has 2 aromatic carbocycles. The van der Waals surface area contributed by atoms with Crippen LogP contribution in [-0.2, 0) is 4.74 Å². The van der Waals surface area contributed by atoms with Gasteiger partial charge in [0.25, 0.3) is 0 Å². The van der Waals surface area contributed by atoms with E-state index in [1.807, 2.05) is 0 Å². The highest BCUT2D eigenvalue weighted by atomic mass is 32.1. The lowest BCUT2D eigenvalue weighted by molar-refractivity contribution is 0.283. The van der Waals surface area contributed by atoms with E-state index in [-0.39, 0.29) is 0 Å². The van der Waals surface area contributed by atoms with E-state index in [0.29, 0.717) is 18.4 Å². The third-order valence-corrected chi connectivity index (χ3v) is 4.67. The number of rotatable bonds is 4. The number of fused-ring (bicyclic) bond motifs is 3. The fourth-order valence-corrected chi connectivity index (χ4v) is 3.10.